The minimum absolute atomic E-state index is 0.636. The Balaban J connectivity index is 0.000000777. The van der Waals surface area contributed by atoms with Crippen LogP contribution >= 0.6 is 0 Å². The number of aromatic nitrogens is 24. The van der Waals surface area contributed by atoms with E-state index in [4.69, 9.17) is 0 Å². The van der Waals surface area contributed by atoms with Crippen molar-refractivity contribution in [2.75, 3.05) is 0 Å². The maximum absolute atomic E-state index is 4.18. The summed E-state index contributed by atoms with van der Waals surface area (Å²) >= 11 is 0. The molecular formula is C112H216N24. The Kier molecular flexibility index (Phi) is 74.5. The number of aryl methyl sites for hydroxylation is 13. The third kappa shape index (κ3) is 70.7. The van der Waals surface area contributed by atoms with Gasteiger partial charge in [0.15, 0.2) is 0 Å². The summed E-state index contributed by atoms with van der Waals surface area (Å²) in [7, 11) is 0. The molecule has 8 aromatic heterocycles. The molecule has 24 heteroatoms. The molecule has 0 aliphatic carbocycles. The van der Waals surface area contributed by atoms with Crippen molar-refractivity contribution in [1.29, 1.82) is 0 Å². The maximum Gasteiger partial charge on any atom is 0.0725 e. The predicted molar refractivity (Wildman–Crippen MR) is 575 cm³/mol. The van der Waals surface area contributed by atoms with E-state index in [0.29, 0.717) is 17.8 Å². The molecule has 0 bridgehead atoms. The molecule has 8 heterocycles. The zero-order chi connectivity index (χ0) is 101. The van der Waals surface area contributed by atoms with Crippen molar-refractivity contribution in [2.24, 2.45) is 94.7 Å². The van der Waals surface area contributed by atoms with Crippen LogP contribution in [0.4, 0.5) is 0 Å². The average molecular weight is 1900 g/mol. The van der Waals surface area contributed by atoms with Gasteiger partial charge in [-0.2, -0.15) is 0 Å². The molecule has 0 aliphatic rings. The molecule has 0 aliphatic heterocycles. The van der Waals surface area contributed by atoms with Gasteiger partial charge in [-0.3, -0.25) is 0 Å². The predicted octanol–water partition coefficient (Wildman–Crippen LogP) is 29.5. The third-order valence-electron chi connectivity index (χ3n) is 24.2. The molecular weight excluding hydrogens is 1680 g/mol. The number of nitrogens with zero attached hydrogens (tertiary/aromatic N) is 24. The Hall–Kier alpha value is -6.88. The number of unbranched alkanes of at least 4 members (excludes halogenated alkanes) is 9. The van der Waals surface area contributed by atoms with Crippen molar-refractivity contribution in [3.63, 3.8) is 0 Å². The molecule has 0 atom stereocenters. The van der Waals surface area contributed by atoms with Crippen LogP contribution < -0.4 is 0 Å². The van der Waals surface area contributed by atoms with Gasteiger partial charge in [0.05, 0.1) is 95.1 Å². The lowest BCUT2D eigenvalue weighted by Crippen LogP contribution is -2.09. The summed E-state index contributed by atoms with van der Waals surface area (Å²) in [4.78, 5) is 0. The third-order valence-corrected chi connectivity index (χ3v) is 24.2. The van der Waals surface area contributed by atoms with E-state index in [1.807, 2.05) is 49.6 Å². The minimum Gasteiger partial charge on any atom is -0.249 e. The fourth-order valence-corrected chi connectivity index (χ4v) is 15.8. The number of rotatable bonds is 64. The van der Waals surface area contributed by atoms with Crippen LogP contribution in [0.15, 0.2) is 49.6 Å². The molecule has 8 rings (SSSR count). The van der Waals surface area contributed by atoms with Crippen molar-refractivity contribution in [2.45, 2.75) is 531 Å². The number of hydrogen-bond acceptors (Lipinski definition) is 16. The van der Waals surface area contributed by atoms with Gasteiger partial charge in [-0.1, -0.05) is 372 Å². The monoisotopic (exact) mass is 1900 g/mol. The molecule has 0 unspecified atom stereocenters. The second kappa shape index (κ2) is 79.8. The second-order valence-electron chi connectivity index (χ2n) is 46.2. The van der Waals surface area contributed by atoms with Crippen molar-refractivity contribution >= 4 is 0 Å². The summed E-state index contributed by atoms with van der Waals surface area (Å²) in [5.41, 5.74) is 10.3. The summed E-state index contributed by atoms with van der Waals surface area (Å²) < 4.78 is 16.6. The van der Waals surface area contributed by atoms with Crippen LogP contribution in [-0.4, -0.2) is 120 Å². The molecule has 0 saturated heterocycles. The highest BCUT2D eigenvalue weighted by molar-refractivity contribution is 5.00. The van der Waals surface area contributed by atoms with Crippen LogP contribution in [-0.2, 0) is 104 Å². The smallest absolute Gasteiger partial charge is 0.0725 e. The van der Waals surface area contributed by atoms with E-state index in [1.54, 1.807) is 0 Å². The SMILES string of the molecule is CC(C)CCCCCc1cnnn1CC(C)C.CC(C)CCCCCn1nncc1CC(C)C.CC(C)CCCCCn1nncc1CC(C)C.CC(C)CCCCc1cnnn1CCC(C)C.CC(C)CCCCn1nncc1CCC(C)C.CC(C)CCCCn1nncc1CCC(C)C.CC(C)CCCc1cnnn1CCCC(C)C.CC(C)CCCc1cnnn1CCCC(C)C. The normalized spacial score (nSPS) is 11.6. The van der Waals surface area contributed by atoms with E-state index in [1.165, 1.54) is 251 Å². The van der Waals surface area contributed by atoms with E-state index < -0.39 is 0 Å². The minimum atomic E-state index is 0.636. The van der Waals surface area contributed by atoms with Crippen LogP contribution in [0.1, 0.15) is 473 Å². The highest BCUT2D eigenvalue weighted by Crippen LogP contribution is 2.21. The highest BCUT2D eigenvalue weighted by atomic mass is 15.5. The summed E-state index contributed by atoms with van der Waals surface area (Å²) in [6.07, 6.45) is 65.1. The first-order valence-electron chi connectivity index (χ1n) is 55.7. The van der Waals surface area contributed by atoms with Gasteiger partial charge in [0.2, 0.25) is 0 Å². The van der Waals surface area contributed by atoms with Crippen LogP contribution in [0.2, 0.25) is 0 Å². The van der Waals surface area contributed by atoms with Gasteiger partial charge in [0, 0.05) is 52.4 Å². The van der Waals surface area contributed by atoms with Gasteiger partial charge < -0.3 is 0 Å². The fraction of sp³-hybridized carbons (Fsp3) is 0.857. The Morgan fingerprint density at radius 1 is 0.147 bits per heavy atom. The van der Waals surface area contributed by atoms with E-state index in [-0.39, 0.29) is 0 Å². The molecule has 0 fully saturated rings. The zero-order valence-corrected chi connectivity index (χ0v) is 94.5. The first kappa shape index (κ1) is 127. The van der Waals surface area contributed by atoms with Crippen molar-refractivity contribution in [3.8, 4) is 0 Å². The van der Waals surface area contributed by atoms with E-state index >= 15 is 0 Å². The average Bonchev–Trinajstić information content (AvgIpc) is 1.75. The van der Waals surface area contributed by atoms with Crippen LogP contribution in [0.3, 0.4) is 0 Å². The molecule has 0 N–H and O–H groups in total. The Bertz CT molecular complexity index is 3500. The quantitative estimate of drug-likeness (QED) is 0.0322. The summed E-state index contributed by atoms with van der Waals surface area (Å²) in [5, 5.41) is 65.6. The molecule has 24 nitrogen and oxygen atoms in total. The molecule has 0 spiro atoms. The van der Waals surface area contributed by atoms with Crippen LogP contribution in [0.5, 0.6) is 0 Å². The van der Waals surface area contributed by atoms with Gasteiger partial charge >= 0.3 is 0 Å². The van der Waals surface area contributed by atoms with Crippen molar-refractivity contribution in [1.82, 2.24) is 120 Å². The van der Waals surface area contributed by atoms with Crippen LogP contribution in [0, 0.1) is 94.7 Å². The van der Waals surface area contributed by atoms with E-state index in [0.717, 1.165) is 181 Å². The lowest BCUT2D eigenvalue weighted by atomic mass is 10.0. The lowest BCUT2D eigenvalue weighted by Gasteiger charge is -2.08. The summed E-state index contributed by atoms with van der Waals surface area (Å²) in [6, 6.07) is 0. The van der Waals surface area contributed by atoms with E-state index in [9.17, 15) is 0 Å². The summed E-state index contributed by atoms with van der Waals surface area (Å²) in [6.45, 7) is 80.7. The topological polar surface area (TPSA) is 246 Å². The molecule has 0 aromatic carbocycles. The second-order valence-corrected chi connectivity index (χ2v) is 46.2. The Morgan fingerprint density at radius 2 is 0.331 bits per heavy atom. The Labute approximate surface area is 835 Å². The molecule has 0 radical (unpaired) electrons. The molecule has 0 amide bonds. The number of hydrogen-bond donors (Lipinski definition) is 0. The molecule has 0 saturated carbocycles. The lowest BCUT2D eigenvalue weighted by molar-refractivity contribution is 0.453. The first-order valence-corrected chi connectivity index (χ1v) is 55.7. The highest BCUT2D eigenvalue weighted by Gasteiger charge is 2.15. The van der Waals surface area contributed by atoms with E-state index in [2.05, 4.69) is 342 Å². The maximum atomic E-state index is 4.18. The van der Waals surface area contributed by atoms with Gasteiger partial charge in [0.25, 0.3) is 0 Å². The van der Waals surface area contributed by atoms with Gasteiger partial charge in [-0.25, -0.2) is 37.5 Å². The zero-order valence-electron chi connectivity index (χ0n) is 94.5. The first-order chi connectivity index (χ1) is 64.7. The molecule has 784 valence electrons. The molecule has 8 aromatic rings. The standard InChI is InChI=1S/8C14H27N3/c2*1-12(2)7-5-9-14-11-15-16-17(14)10-6-8-13(3)4;2*1-12(2)7-5-6-10-17-14(11-15-16-17)9-8-13(3)4;1-12(2)7-5-6-8-14-11-15-16-17(14)10-9-13(3)4;1-12(2)8-6-5-7-9-14-10-15-16-17(14)11-13(3)4;2*1-12(2)8-6-5-7-9-17-14(10-13(3)4)11-15-16-17/h5*11-13H,5-10H2,1-4H3;10,12-13H,5-9,11H2,1-4H3;2*11-13H,5-10H2,1-4H3. The Morgan fingerprint density at radius 3 is 0.603 bits per heavy atom. The van der Waals surface area contributed by atoms with Crippen molar-refractivity contribution in [3.05, 3.63) is 95.1 Å². The largest absolute Gasteiger partial charge is 0.249 e. The van der Waals surface area contributed by atoms with Gasteiger partial charge in [-0.15, -0.1) is 40.8 Å². The van der Waals surface area contributed by atoms with Crippen molar-refractivity contribution < 1.29 is 0 Å². The molecule has 136 heavy (non-hydrogen) atoms. The van der Waals surface area contributed by atoms with Gasteiger partial charge in [0.1, 0.15) is 0 Å². The van der Waals surface area contributed by atoms with Gasteiger partial charge in [-0.05, 0) is 242 Å². The van der Waals surface area contributed by atoms with Crippen LogP contribution in [0.25, 0.3) is 0 Å². The summed E-state index contributed by atoms with van der Waals surface area (Å²) in [5.74, 6) is 12.3. The fourth-order valence-electron chi connectivity index (χ4n) is 15.8.